The molecule has 0 saturated heterocycles. The quantitative estimate of drug-likeness (QED) is 0.261. The highest BCUT2D eigenvalue weighted by Gasteiger charge is 2.24. The fourth-order valence-electron chi connectivity index (χ4n) is 2.83. The van der Waals surface area contributed by atoms with Gasteiger partial charge in [-0.3, -0.25) is 0 Å². The molecule has 7 nitrogen and oxygen atoms in total. The average molecular weight is 561 g/mol. The molecule has 0 aliphatic rings. The Labute approximate surface area is 203 Å². The highest BCUT2D eigenvalue weighted by atomic mass is 127. The summed E-state index contributed by atoms with van der Waals surface area (Å²) in [5.41, 5.74) is 1.12. The van der Waals surface area contributed by atoms with E-state index in [1.54, 1.807) is 25.3 Å². The molecule has 3 N–H and O–H groups in total. The highest BCUT2D eigenvalue weighted by molar-refractivity contribution is 14.0. The smallest absolute Gasteiger partial charge is 0.241 e. The summed E-state index contributed by atoms with van der Waals surface area (Å²) in [6, 6.07) is 14.7. The molecule has 0 radical (unpaired) electrons. The lowest BCUT2D eigenvalue weighted by Crippen LogP contribution is -2.41. The highest BCUT2D eigenvalue weighted by Crippen LogP contribution is 2.18. The van der Waals surface area contributed by atoms with Crippen LogP contribution >= 0.6 is 24.0 Å². The first-order chi connectivity index (χ1) is 14.1. The molecule has 0 heterocycles. The van der Waals surface area contributed by atoms with E-state index in [4.69, 9.17) is 4.74 Å². The van der Waals surface area contributed by atoms with Gasteiger partial charge in [0.1, 0.15) is 5.75 Å². The molecule has 0 unspecified atom stereocenters. The Kier molecular flexibility index (Phi) is 10.7. The number of nitrogens with one attached hydrogen (secondary N) is 3. The number of hydrogen-bond donors (Lipinski definition) is 3. The maximum absolute atomic E-state index is 12.8. The van der Waals surface area contributed by atoms with Crippen molar-refractivity contribution in [2.24, 2.45) is 4.99 Å². The number of methoxy groups -OCH3 is 1. The summed E-state index contributed by atoms with van der Waals surface area (Å²) in [5, 5.41) is 6.42. The van der Waals surface area contributed by atoms with Crippen LogP contribution in [-0.2, 0) is 23.1 Å². The lowest BCUT2D eigenvalue weighted by atomic mass is 10.1. The van der Waals surface area contributed by atoms with Crippen LogP contribution in [0.5, 0.6) is 5.75 Å². The van der Waals surface area contributed by atoms with Crippen molar-refractivity contribution in [3.8, 4) is 5.75 Å². The summed E-state index contributed by atoms with van der Waals surface area (Å²) < 4.78 is 33.6. The second-order valence-corrected chi connectivity index (χ2v) is 9.51. The van der Waals surface area contributed by atoms with Crippen LogP contribution in [0.3, 0.4) is 0 Å². The van der Waals surface area contributed by atoms with Crippen LogP contribution in [0.4, 0.5) is 0 Å². The number of ether oxygens (including phenoxy) is 1. The number of hydrogen-bond acceptors (Lipinski definition) is 4. The molecule has 0 amide bonds. The van der Waals surface area contributed by atoms with Gasteiger partial charge in [-0.2, -0.15) is 0 Å². The number of sulfonamides is 1. The average Bonchev–Trinajstić information content (AvgIpc) is 2.68. The summed E-state index contributed by atoms with van der Waals surface area (Å²) in [5.74, 6) is 1.39. The number of nitrogens with zero attached hydrogens (tertiary/aromatic N) is 1. The van der Waals surface area contributed by atoms with Gasteiger partial charge < -0.3 is 15.4 Å². The van der Waals surface area contributed by atoms with Gasteiger partial charge in [0.2, 0.25) is 10.0 Å². The fraction of sp³-hybridized carbons (Fsp3) is 0.409. The van der Waals surface area contributed by atoms with Crippen molar-refractivity contribution in [3.63, 3.8) is 0 Å². The van der Waals surface area contributed by atoms with E-state index in [9.17, 15) is 8.42 Å². The van der Waals surface area contributed by atoms with Gasteiger partial charge in [0.25, 0.3) is 0 Å². The standard InChI is InChI=1S/C22H32N4O3S.HI/c1-6-23-21(24-15-17-10-9-12-19(14-17)29-5)25-16-18-11-7-8-13-20(18)30(27,28)26-22(2,3)4;/h7-14,26H,6,15-16H2,1-5H3,(H2,23,24,25);1H. The van der Waals surface area contributed by atoms with Gasteiger partial charge in [-0.15, -0.1) is 24.0 Å². The van der Waals surface area contributed by atoms with E-state index in [1.165, 1.54) is 0 Å². The van der Waals surface area contributed by atoms with E-state index in [0.717, 1.165) is 11.3 Å². The predicted molar refractivity (Wildman–Crippen MR) is 137 cm³/mol. The van der Waals surface area contributed by atoms with Crippen molar-refractivity contribution in [1.82, 2.24) is 15.4 Å². The van der Waals surface area contributed by atoms with Crippen LogP contribution in [0.2, 0.25) is 0 Å². The van der Waals surface area contributed by atoms with Crippen molar-refractivity contribution in [2.75, 3.05) is 13.7 Å². The monoisotopic (exact) mass is 560 g/mol. The van der Waals surface area contributed by atoms with E-state index in [0.29, 0.717) is 31.2 Å². The zero-order valence-corrected chi connectivity index (χ0v) is 21.9. The number of halogens is 1. The number of benzene rings is 2. The molecule has 0 atom stereocenters. The molecule has 0 aliphatic heterocycles. The van der Waals surface area contributed by atoms with Crippen LogP contribution in [0, 0.1) is 0 Å². The summed E-state index contributed by atoms with van der Waals surface area (Å²) in [4.78, 5) is 4.86. The second-order valence-electron chi connectivity index (χ2n) is 7.86. The van der Waals surface area contributed by atoms with E-state index in [2.05, 4.69) is 20.3 Å². The topological polar surface area (TPSA) is 91.8 Å². The molecule has 0 aliphatic carbocycles. The first-order valence-electron chi connectivity index (χ1n) is 9.91. The van der Waals surface area contributed by atoms with Gasteiger partial charge >= 0.3 is 0 Å². The van der Waals surface area contributed by atoms with E-state index in [-0.39, 0.29) is 28.9 Å². The third-order valence-corrected chi connectivity index (χ3v) is 5.91. The van der Waals surface area contributed by atoms with Crippen molar-refractivity contribution in [2.45, 2.75) is 51.2 Å². The van der Waals surface area contributed by atoms with Crippen LogP contribution < -0.4 is 20.1 Å². The number of guanidine groups is 1. The van der Waals surface area contributed by atoms with Crippen molar-refractivity contribution in [3.05, 3.63) is 59.7 Å². The molecule has 2 rings (SSSR count). The van der Waals surface area contributed by atoms with Gasteiger partial charge in [0.15, 0.2) is 5.96 Å². The van der Waals surface area contributed by atoms with E-state index < -0.39 is 15.6 Å². The zero-order chi connectivity index (χ0) is 22.2. The largest absolute Gasteiger partial charge is 0.497 e. The Morgan fingerprint density at radius 3 is 2.42 bits per heavy atom. The van der Waals surface area contributed by atoms with Crippen LogP contribution in [0.1, 0.15) is 38.8 Å². The Morgan fingerprint density at radius 1 is 1.06 bits per heavy atom. The maximum atomic E-state index is 12.8. The molecule has 2 aromatic rings. The van der Waals surface area contributed by atoms with Crippen LogP contribution in [-0.4, -0.2) is 33.6 Å². The van der Waals surface area contributed by atoms with Gasteiger partial charge in [-0.25, -0.2) is 18.1 Å². The van der Waals surface area contributed by atoms with Crippen molar-refractivity contribution < 1.29 is 13.2 Å². The third-order valence-electron chi connectivity index (χ3n) is 4.05. The fourth-order valence-corrected chi connectivity index (χ4v) is 4.49. The summed E-state index contributed by atoms with van der Waals surface area (Å²) in [6.45, 7) is 8.92. The Hall–Kier alpha value is -1.85. The third kappa shape index (κ3) is 9.04. The Morgan fingerprint density at radius 2 is 1.77 bits per heavy atom. The Balaban J connectivity index is 0.00000480. The van der Waals surface area contributed by atoms with Crippen LogP contribution in [0.25, 0.3) is 0 Å². The summed E-state index contributed by atoms with van der Waals surface area (Å²) >= 11 is 0. The van der Waals surface area contributed by atoms with E-state index >= 15 is 0 Å². The molecule has 0 fully saturated rings. The first-order valence-corrected chi connectivity index (χ1v) is 11.4. The van der Waals surface area contributed by atoms with Gasteiger partial charge in [-0.1, -0.05) is 30.3 Å². The summed E-state index contributed by atoms with van der Waals surface area (Å²) in [6.07, 6.45) is 0. The molecule has 2 aromatic carbocycles. The molecular formula is C22H33IN4O3S. The SMILES string of the molecule is CCNC(=NCc1cccc(OC)c1)NCc1ccccc1S(=O)(=O)NC(C)(C)C.I. The maximum Gasteiger partial charge on any atom is 0.241 e. The van der Waals surface area contributed by atoms with Gasteiger partial charge in [0, 0.05) is 18.6 Å². The first kappa shape index (κ1) is 27.2. The Bertz CT molecular complexity index is 973. The summed E-state index contributed by atoms with van der Waals surface area (Å²) in [7, 11) is -2.00. The minimum absolute atomic E-state index is 0. The normalized spacial score (nSPS) is 12.1. The second kappa shape index (κ2) is 12.3. The molecule has 0 aromatic heterocycles. The van der Waals surface area contributed by atoms with Crippen LogP contribution in [0.15, 0.2) is 58.4 Å². The number of rotatable bonds is 8. The molecular weight excluding hydrogens is 527 g/mol. The minimum atomic E-state index is -3.64. The lowest BCUT2D eigenvalue weighted by molar-refractivity contribution is 0.414. The minimum Gasteiger partial charge on any atom is -0.497 e. The lowest BCUT2D eigenvalue weighted by Gasteiger charge is -2.22. The van der Waals surface area contributed by atoms with Crippen molar-refractivity contribution in [1.29, 1.82) is 0 Å². The molecule has 172 valence electrons. The van der Waals surface area contributed by atoms with Gasteiger partial charge in [0.05, 0.1) is 18.6 Å². The molecule has 9 heteroatoms. The molecule has 0 bridgehead atoms. The zero-order valence-electron chi connectivity index (χ0n) is 18.7. The van der Waals surface area contributed by atoms with Crippen molar-refractivity contribution >= 4 is 40.0 Å². The van der Waals surface area contributed by atoms with E-state index in [1.807, 2.05) is 58.0 Å². The molecule has 0 spiro atoms. The predicted octanol–water partition coefficient (Wildman–Crippen LogP) is 3.65. The van der Waals surface area contributed by atoms with Gasteiger partial charge in [-0.05, 0) is 57.0 Å². The molecule has 31 heavy (non-hydrogen) atoms. The number of aliphatic imine (C=N–C) groups is 1. The molecule has 0 saturated carbocycles.